The molecule has 0 aromatic carbocycles. The number of nitrogens with two attached hydrogens (primary N) is 3. The Morgan fingerprint density at radius 1 is 0.977 bits per heavy atom. The molecule has 236 valence electrons. The van der Waals surface area contributed by atoms with Crippen LogP contribution in [0.2, 0.25) is 0 Å². The quantitative estimate of drug-likeness (QED) is 0.105. The highest BCUT2D eigenvalue weighted by atomic mass is 31.2. The largest absolute Gasteiger partial charge is 0.695 e. The first-order chi connectivity index (χ1) is 21.0. The summed E-state index contributed by atoms with van der Waals surface area (Å²) in [4.78, 5) is 44.2. The van der Waals surface area contributed by atoms with E-state index in [0.717, 1.165) is 0 Å². The zero-order valence-electron chi connectivity index (χ0n) is 22.4. The van der Waals surface area contributed by atoms with Crippen LogP contribution in [0, 0.1) is 0 Å². The summed E-state index contributed by atoms with van der Waals surface area (Å²) in [7, 11) is -6.95. The number of nitrogens with zero attached hydrogens (tertiary/aromatic N) is 8. The topological polar surface area (TPSA) is 315 Å². The van der Waals surface area contributed by atoms with Crippen LogP contribution < -0.4 is 17.2 Å². The van der Waals surface area contributed by atoms with Crippen molar-refractivity contribution in [1.82, 2.24) is 39.0 Å². The molecule has 9 N–H and O–H groups in total. The lowest BCUT2D eigenvalue weighted by molar-refractivity contribution is -0.159. The molecule has 0 amide bonds. The summed E-state index contributed by atoms with van der Waals surface area (Å²) in [6.07, 6.45) is -4.32. The number of methoxy groups -OCH3 is 1. The highest BCUT2D eigenvalue weighted by Gasteiger charge is 2.52. The van der Waals surface area contributed by atoms with Gasteiger partial charge in [0.05, 0.1) is 25.3 Å². The first-order valence-electron chi connectivity index (χ1n) is 12.6. The molecule has 0 radical (unpaired) electrons. The Morgan fingerprint density at radius 2 is 1.57 bits per heavy atom. The minimum absolute atomic E-state index is 0.0910. The van der Waals surface area contributed by atoms with Crippen LogP contribution in [0.25, 0.3) is 22.3 Å². The van der Waals surface area contributed by atoms with Crippen LogP contribution in [-0.2, 0) is 36.9 Å². The fraction of sp³-hybridized carbons (Fsp3) is 0.500. The van der Waals surface area contributed by atoms with Crippen molar-refractivity contribution in [2.24, 2.45) is 5.73 Å². The van der Waals surface area contributed by atoms with E-state index in [9.17, 15) is 24.0 Å². The van der Waals surface area contributed by atoms with Crippen LogP contribution in [-0.4, -0.2) is 104 Å². The third-order valence-electron chi connectivity index (χ3n) is 6.98. The molecule has 4 aromatic rings. The van der Waals surface area contributed by atoms with Gasteiger partial charge in [-0.25, -0.2) is 34.5 Å². The number of phosphoric ester groups is 1. The predicted molar refractivity (Wildman–Crippen MR) is 144 cm³/mol. The van der Waals surface area contributed by atoms with Gasteiger partial charge in [0, 0.05) is 11.7 Å². The standard InChI is InChI=1S/C20H25N11O11P2/c1-37-20-13(11(32)19(40-20)31-6-29-10-15(23)25-4-27-17(10)31)42-44(35,36)38-2-7-12(41-43(33)34)8(21)18(39-7)30-5-28-9-14(22)24-3-26-16(9)30/h3-8,11-13,18-20,32H,2,21H2,1H3,(H5-,22,23,24,25,26,27,33,34,35,36)/p+1/t7-,8+,11+,12+,13-,18-,19-,20+/m1/s1. The van der Waals surface area contributed by atoms with Gasteiger partial charge in [-0.1, -0.05) is 0 Å². The molecule has 2 fully saturated rings. The molecule has 0 spiro atoms. The molecule has 2 aliphatic rings. The van der Waals surface area contributed by atoms with Crippen LogP contribution in [0.4, 0.5) is 11.6 Å². The summed E-state index contributed by atoms with van der Waals surface area (Å²) in [5, 5.41) is 11.0. The summed E-state index contributed by atoms with van der Waals surface area (Å²) >= 11 is 0. The summed E-state index contributed by atoms with van der Waals surface area (Å²) < 4.78 is 59.7. The van der Waals surface area contributed by atoms with Gasteiger partial charge < -0.3 is 41.4 Å². The monoisotopic (exact) mass is 658 g/mol. The maximum absolute atomic E-state index is 13.1. The van der Waals surface area contributed by atoms with Crippen molar-refractivity contribution in [1.29, 1.82) is 0 Å². The summed E-state index contributed by atoms with van der Waals surface area (Å²) in [5.41, 5.74) is 18.9. The van der Waals surface area contributed by atoms with Crippen LogP contribution in [0.15, 0.2) is 25.3 Å². The molecule has 10 atom stereocenters. The number of hydrogen-bond acceptors (Lipinski definition) is 18. The van der Waals surface area contributed by atoms with E-state index in [-0.39, 0.29) is 34.0 Å². The van der Waals surface area contributed by atoms with Crippen LogP contribution >= 0.6 is 16.1 Å². The zero-order valence-corrected chi connectivity index (χ0v) is 24.2. The minimum atomic E-state index is -5.01. The lowest BCUT2D eigenvalue weighted by atomic mass is 10.1. The number of aliphatic hydroxyl groups excluding tert-OH is 1. The van der Waals surface area contributed by atoms with Gasteiger partial charge >= 0.3 is 16.1 Å². The molecule has 0 aliphatic carbocycles. The van der Waals surface area contributed by atoms with Crippen molar-refractivity contribution in [3.05, 3.63) is 25.3 Å². The fourth-order valence-corrected chi connectivity index (χ4v) is 6.41. The van der Waals surface area contributed by atoms with Crippen LogP contribution in [0.5, 0.6) is 0 Å². The number of phosphoric acid groups is 1. The van der Waals surface area contributed by atoms with Crippen molar-refractivity contribution >= 4 is 50.0 Å². The minimum Gasteiger partial charge on any atom is -0.385 e. The molecule has 2 saturated heterocycles. The van der Waals surface area contributed by atoms with Crippen molar-refractivity contribution in [2.75, 3.05) is 25.2 Å². The molecule has 2 aliphatic heterocycles. The third-order valence-corrected chi connectivity index (χ3v) is 8.39. The van der Waals surface area contributed by atoms with Crippen LogP contribution in [0.1, 0.15) is 12.5 Å². The number of nitrogen functional groups attached to an aromatic ring is 2. The van der Waals surface area contributed by atoms with E-state index in [4.69, 9.17) is 45.0 Å². The normalized spacial score (nSPS) is 30.7. The lowest BCUT2D eigenvalue weighted by Gasteiger charge is -2.23. The van der Waals surface area contributed by atoms with E-state index in [2.05, 4.69) is 29.9 Å². The molecule has 24 heteroatoms. The average Bonchev–Trinajstić information content (AvgIpc) is 3.74. The maximum atomic E-state index is 13.1. The first kappa shape index (κ1) is 30.6. The second kappa shape index (κ2) is 11.9. The molecule has 6 rings (SSSR count). The summed E-state index contributed by atoms with van der Waals surface area (Å²) in [6.45, 7) is -0.706. The number of ether oxygens (including phenoxy) is 3. The van der Waals surface area contributed by atoms with E-state index in [0.29, 0.717) is 0 Å². The molecule has 0 bridgehead atoms. The Labute approximate surface area is 246 Å². The third kappa shape index (κ3) is 5.51. The maximum Gasteiger partial charge on any atom is 0.695 e. The first-order valence-corrected chi connectivity index (χ1v) is 15.2. The molecule has 22 nitrogen and oxygen atoms in total. The van der Waals surface area contributed by atoms with Gasteiger partial charge in [-0.2, -0.15) is 0 Å². The second-order valence-corrected chi connectivity index (χ2v) is 11.7. The van der Waals surface area contributed by atoms with E-state index in [1.807, 2.05) is 0 Å². The van der Waals surface area contributed by atoms with Gasteiger partial charge in [-0.3, -0.25) is 18.2 Å². The molecule has 44 heavy (non-hydrogen) atoms. The summed E-state index contributed by atoms with van der Waals surface area (Å²) in [6, 6.07) is -1.10. The van der Waals surface area contributed by atoms with Crippen LogP contribution in [0.3, 0.4) is 0 Å². The Morgan fingerprint density at radius 3 is 2.14 bits per heavy atom. The molecule has 4 aromatic heterocycles. The number of imidazole rings is 2. The Hall–Kier alpha value is -3.37. The van der Waals surface area contributed by atoms with E-state index < -0.39 is 71.9 Å². The van der Waals surface area contributed by atoms with E-state index in [1.165, 1.54) is 41.6 Å². The van der Waals surface area contributed by atoms with E-state index in [1.54, 1.807) is 0 Å². The van der Waals surface area contributed by atoms with Crippen molar-refractivity contribution < 1.29 is 51.8 Å². The number of hydrogen-bond donors (Lipinski definition) is 6. The molecular formula is C20H26N11O11P2+. The van der Waals surface area contributed by atoms with Gasteiger partial charge in [-0.05, 0) is 0 Å². The van der Waals surface area contributed by atoms with Gasteiger partial charge in [0.2, 0.25) is 0 Å². The zero-order chi connectivity index (χ0) is 31.3. The number of rotatable bonds is 10. The van der Waals surface area contributed by atoms with Crippen molar-refractivity contribution in [2.45, 2.75) is 49.2 Å². The van der Waals surface area contributed by atoms with Crippen molar-refractivity contribution in [3.63, 3.8) is 0 Å². The number of aliphatic hydroxyl groups is 1. The average molecular weight is 658 g/mol. The SMILES string of the molecule is CO[C@H]1O[C@@H](n2cnc3c(N)ncnc32)[C@@H](O)[C@H]1OP(=O)(O)OC[C@H]1O[C@@H](n2cnc3c(N)ncnc32)[C@@H](N)[C@H]1O[P+](=O)O. The van der Waals surface area contributed by atoms with Gasteiger partial charge in [0.15, 0.2) is 53.9 Å². The molecule has 2 unspecified atom stereocenters. The molecule has 0 saturated carbocycles. The molecular weight excluding hydrogens is 632 g/mol. The van der Waals surface area contributed by atoms with Gasteiger partial charge in [0.25, 0.3) is 0 Å². The Kier molecular flexibility index (Phi) is 8.26. The Balaban J connectivity index is 1.17. The second-order valence-electron chi connectivity index (χ2n) is 9.57. The van der Waals surface area contributed by atoms with Gasteiger partial charge in [-0.15, -0.1) is 9.42 Å². The predicted octanol–water partition coefficient (Wildman–Crippen LogP) is -1.55. The number of aromatic nitrogens is 8. The number of anilines is 2. The fourth-order valence-electron chi connectivity index (χ4n) is 5.00. The summed E-state index contributed by atoms with van der Waals surface area (Å²) in [5.74, 6) is 0.187. The van der Waals surface area contributed by atoms with Gasteiger partial charge in [0.1, 0.15) is 35.9 Å². The smallest absolute Gasteiger partial charge is 0.385 e. The molecule has 6 heterocycles. The van der Waals surface area contributed by atoms with Crippen molar-refractivity contribution in [3.8, 4) is 0 Å². The Bertz CT molecular complexity index is 1740. The van der Waals surface area contributed by atoms with E-state index >= 15 is 0 Å². The highest BCUT2D eigenvalue weighted by molar-refractivity contribution is 7.47. The number of fused-ring (bicyclic) bond motifs is 2. The lowest BCUT2D eigenvalue weighted by Crippen LogP contribution is -2.41. The highest BCUT2D eigenvalue weighted by Crippen LogP contribution is 2.50.